The zero-order valence-electron chi connectivity index (χ0n) is 14.8. The van der Waals surface area contributed by atoms with Crippen LogP contribution in [0.4, 0.5) is 0 Å². The van der Waals surface area contributed by atoms with Crippen molar-refractivity contribution in [2.75, 3.05) is 11.5 Å². The Morgan fingerprint density at radius 3 is 2.00 bits per heavy atom. The van der Waals surface area contributed by atoms with Gasteiger partial charge in [0.05, 0.1) is 0 Å². The summed E-state index contributed by atoms with van der Waals surface area (Å²) in [6, 6.07) is 4.34. The first kappa shape index (κ1) is 19.8. The summed E-state index contributed by atoms with van der Waals surface area (Å²) in [5.41, 5.74) is 3.47. The van der Waals surface area contributed by atoms with Crippen LogP contribution in [-0.2, 0) is 11.5 Å². The summed E-state index contributed by atoms with van der Waals surface area (Å²) in [4.78, 5) is 0. The third-order valence-corrected chi connectivity index (χ3v) is 5.75. The minimum atomic E-state index is 0.493. The molecule has 0 saturated carbocycles. The van der Waals surface area contributed by atoms with Crippen LogP contribution in [0.25, 0.3) is 0 Å². The molecule has 0 saturated heterocycles. The quantitative estimate of drug-likeness (QED) is 0.508. The van der Waals surface area contributed by atoms with Crippen molar-refractivity contribution in [2.45, 2.75) is 59.0 Å². The maximum Gasteiger partial charge on any atom is 0.122 e. The van der Waals surface area contributed by atoms with Gasteiger partial charge in [-0.2, -0.15) is 23.5 Å². The molecule has 0 aromatic heterocycles. The van der Waals surface area contributed by atoms with E-state index in [2.05, 4.69) is 39.8 Å². The normalized spacial score (nSPS) is 11.6. The summed E-state index contributed by atoms with van der Waals surface area (Å²) >= 11 is 3.93. The SMILES string of the molecule is Cc1cc(CSCCC(C)C)cc(CSCCC(C)C)c1O. The highest BCUT2D eigenvalue weighted by atomic mass is 32.2. The van der Waals surface area contributed by atoms with Gasteiger partial charge in [0.1, 0.15) is 5.75 Å². The van der Waals surface area contributed by atoms with Crippen molar-refractivity contribution in [3.8, 4) is 5.75 Å². The Balaban J connectivity index is 2.53. The molecule has 0 atom stereocenters. The van der Waals surface area contributed by atoms with Crippen molar-refractivity contribution < 1.29 is 5.11 Å². The molecule has 0 spiro atoms. The first-order valence-corrected chi connectivity index (χ1v) is 10.7. The molecule has 1 aromatic carbocycles. The minimum Gasteiger partial charge on any atom is -0.507 e. The largest absolute Gasteiger partial charge is 0.507 e. The molecule has 0 heterocycles. The molecule has 1 nitrogen and oxygen atoms in total. The number of rotatable bonds is 10. The molecular weight excluding hydrogens is 308 g/mol. The number of thioether (sulfide) groups is 2. The molecule has 1 N–H and O–H groups in total. The van der Waals surface area contributed by atoms with Gasteiger partial charge in [-0.25, -0.2) is 0 Å². The molecule has 3 heteroatoms. The Labute approximate surface area is 145 Å². The predicted molar refractivity (Wildman–Crippen MR) is 104 cm³/mol. The fourth-order valence-corrected chi connectivity index (χ4v) is 4.54. The second kappa shape index (κ2) is 10.5. The molecule has 0 unspecified atom stereocenters. The number of phenolic OH excluding ortho intramolecular Hbond substituents is 1. The van der Waals surface area contributed by atoms with Gasteiger partial charge in [0.15, 0.2) is 0 Å². The lowest BCUT2D eigenvalue weighted by Gasteiger charge is -2.12. The van der Waals surface area contributed by atoms with Crippen LogP contribution in [0.3, 0.4) is 0 Å². The number of phenols is 1. The van der Waals surface area contributed by atoms with Gasteiger partial charge in [-0.05, 0) is 54.2 Å². The number of benzene rings is 1. The zero-order chi connectivity index (χ0) is 16.5. The smallest absolute Gasteiger partial charge is 0.122 e. The Kier molecular flexibility index (Phi) is 9.42. The van der Waals surface area contributed by atoms with Gasteiger partial charge in [0, 0.05) is 17.1 Å². The molecule has 0 amide bonds. The summed E-state index contributed by atoms with van der Waals surface area (Å²) in [6.07, 6.45) is 2.52. The zero-order valence-corrected chi connectivity index (χ0v) is 16.4. The summed E-state index contributed by atoms with van der Waals surface area (Å²) in [5.74, 6) is 6.39. The molecular formula is C19H32OS2. The number of aromatic hydroxyl groups is 1. The van der Waals surface area contributed by atoms with Gasteiger partial charge in [-0.15, -0.1) is 0 Å². The van der Waals surface area contributed by atoms with Crippen LogP contribution in [0.5, 0.6) is 5.75 Å². The predicted octanol–water partition coefficient (Wildman–Crippen LogP) is 6.26. The van der Waals surface area contributed by atoms with Crippen molar-refractivity contribution in [3.63, 3.8) is 0 Å². The van der Waals surface area contributed by atoms with Crippen LogP contribution in [-0.4, -0.2) is 16.6 Å². The van der Waals surface area contributed by atoms with E-state index in [9.17, 15) is 5.11 Å². The highest BCUT2D eigenvalue weighted by Gasteiger charge is 2.08. The van der Waals surface area contributed by atoms with Crippen molar-refractivity contribution >= 4 is 23.5 Å². The molecule has 0 fully saturated rings. The van der Waals surface area contributed by atoms with E-state index in [1.165, 1.54) is 29.9 Å². The molecule has 0 aliphatic rings. The van der Waals surface area contributed by atoms with E-state index in [0.29, 0.717) is 5.75 Å². The monoisotopic (exact) mass is 340 g/mol. The number of hydrogen-bond acceptors (Lipinski definition) is 3. The average Bonchev–Trinajstić information content (AvgIpc) is 2.44. The van der Waals surface area contributed by atoms with E-state index in [-0.39, 0.29) is 0 Å². The van der Waals surface area contributed by atoms with E-state index in [0.717, 1.165) is 34.5 Å². The van der Waals surface area contributed by atoms with E-state index in [1.807, 2.05) is 30.4 Å². The van der Waals surface area contributed by atoms with E-state index < -0.39 is 0 Å². The molecule has 1 aromatic rings. The van der Waals surface area contributed by atoms with Crippen LogP contribution >= 0.6 is 23.5 Å². The Morgan fingerprint density at radius 2 is 1.45 bits per heavy atom. The highest BCUT2D eigenvalue weighted by molar-refractivity contribution is 7.98. The van der Waals surface area contributed by atoms with Crippen molar-refractivity contribution in [1.82, 2.24) is 0 Å². The fraction of sp³-hybridized carbons (Fsp3) is 0.684. The molecule has 1 rings (SSSR count). The molecule has 0 bridgehead atoms. The molecule has 0 aliphatic heterocycles. The lowest BCUT2D eigenvalue weighted by atomic mass is 10.1. The van der Waals surface area contributed by atoms with Crippen LogP contribution in [0.1, 0.15) is 57.2 Å². The number of hydrogen-bond donors (Lipinski definition) is 1. The molecule has 126 valence electrons. The molecule has 0 aliphatic carbocycles. The fourth-order valence-electron chi connectivity index (χ4n) is 2.14. The van der Waals surface area contributed by atoms with Gasteiger partial charge in [-0.1, -0.05) is 39.8 Å². The summed E-state index contributed by atoms with van der Waals surface area (Å²) in [7, 11) is 0. The summed E-state index contributed by atoms with van der Waals surface area (Å²) < 4.78 is 0. The van der Waals surface area contributed by atoms with Crippen LogP contribution in [0.15, 0.2) is 12.1 Å². The molecule has 22 heavy (non-hydrogen) atoms. The maximum atomic E-state index is 10.3. The Bertz CT molecular complexity index is 441. The lowest BCUT2D eigenvalue weighted by Crippen LogP contribution is -1.94. The van der Waals surface area contributed by atoms with Gasteiger partial charge in [0.2, 0.25) is 0 Å². The Hall–Kier alpha value is -0.280. The van der Waals surface area contributed by atoms with Gasteiger partial charge in [-0.3, -0.25) is 0 Å². The van der Waals surface area contributed by atoms with Gasteiger partial charge >= 0.3 is 0 Å². The minimum absolute atomic E-state index is 0.493. The lowest BCUT2D eigenvalue weighted by molar-refractivity contribution is 0.466. The average molecular weight is 341 g/mol. The first-order valence-electron chi connectivity index (χ1n) is 8.37. The second-order valence-electron chi connectivity index (χ2n) is 6.89. The second-order valence-corrected chi connectivity index (χ2v) is 9.10. The van der Waals surface area contributed by atoms with E-state index >= 15 is 0 Å². The third-order valence-electron chi connectivity index (χ3n) is 3.64. The van der Waals surface area contributed by atoms with E-state index in [1.54, 1.807) is 0 Å². The van der Waals surface area contributed by atoms with Crippen LogP contribution < -0.4 is 0 Å². The summed E-state index contributed by atoms with van der Waals surface area (Å²) in [5, 5.41) is 10.3. The van der Waals surface area contributed by atoms with Crippen molar-refractivity contribution in [3.05, 3.63) is 28.8 Å². The van der Waals surface area contributed by atoms with Crippen LogP contribution in [0.2, 0.25) is 0 Å². The topological polar surface area (TPSA) is 20.2 Å². The van der Waals surface area contributed by atoms with Crippen LogP contribution in [0, 0.1) is 18.8 Å². The number of aryl methyl sites for hydroxylation is 1. The van der Waals surface area contributed by atoms with Gasteiger partial charge in [0.25, 0.3) is 0 Å². The van der Waals surface area contributed by atoms with E-state index in [4.69, 9.17) is 0 Å². The van der Waals surface area contributed by atoms with Crippen molar-refractivity contribution in [2.24, 2.45) is 11.8 Å². The van der Waals surface area contributed by atoms with Crippen molar-refractivity contribution in [1.29, 1.82) is 0 Å². The highest BCUT2D eigenvalue weighted by Crippen LogP contribution is 2.29. The first-order chi connectivity index (χ1) is 10.4. The van der Waals surface area contributed by atoms with Gasteiger partial charge < -0.3 is 5.11 Å². The Morgan fingerprint density at radius 1 is 0.909 bits per heavy atom. The maximum absolute atomic E-state index is 10.3. The summed E-state index contributed by atoms with van der Waals surface area (Å²) in [6.45, 7) is 11.1. The standard InChI is InChI=1S/C19H32OS2/c1-14(2)6-8-21-12-17-10-16(5)19(20)18(11-17)13-22-9-7-15(3)4/h10-11,14-15,20H,6-9,12-13H2,1-5H3. The third kappa shape index (κ3) is 7.82. The molecule has 0 radical (unpaired) electrons.